The number of hydrazine groups is 2. The Morgan fingerprint density at radius 3 is 0.955 bits per heavy atom. The van der Waals surface area contributed by atoms with Crippen LogP contribution < -0.4 is 38.0 Å². The Morgan fingerprint density at radius 2 is 0.663 bits per heavy atom. The van der Waals surface area contributed by atoms with Gasteiger partial charge in [0.2, 0.25) is 11.8 Å². The predicted molar refractivity (Wildman–Crippen MR) is 357 cm³/mol. The van der Waals surface area contributed by atoms with Gasteiger partial charge in [-0.3, -0.25) is 39.6 Å². The van der Waals surface area contributed by atoms with E-state index in [9.17, 15) is 28.8 Å². The molecule has 0 atom stereocenters. The number of amides is 4. The molecule has 0 spiro atoms. The predicted octanol–water partition coefficient (Wildman–Crippen LogP) is 16.7. The molecule has 9 aromatic carbocycles. The van der Waals surface area contributed by atoms with E-state index < -0.39 is 23.7 Å². The van der Waals surface area contributed by atoms with Gasteiger partial charge in [-0.1, -0.05) is 202 Å². The van der Waals surface area contributed by atoms with Gasteiger partial charge in [0, 0.05) is 22.7 Å². The van der Waals surface area contributed by atoms with E-state index in [1.807, 2.05) is 54.6 Å². The molecule has 9 N–H and O–H groups in total. The van der Waals surface area contributed by atoms with Gasteiger partial charge in [0.1, 0.15) is 0 Å². The van der Waals surface area contributed by atoms with Crippen LogP contribution in [0.5, 0.6) is 0 Å². The van der Waals surface area contributed by atoms with Crippen LogP contribution in [-0.4, -0.2) is 52.8 Å². The zero-order chi connectivity index (χ0) is 64.1. The fourth-order valence-corrected chi connectivity index (χ4v) is 10.4. The fourth-order valence-electron chi connectivity index (χ4n) is 8.44. The summed E-state index contributed by atoms with van der Waals surface area (Å²) in [6.45, 7) is 0. The Hall–Kier alpha value is -8.52. The summed E-state index contributed by atoms with van der Waals surface area (Å²) in [5.41, 5.74) is 13.1. The summed E-state index contributed by atoms with van der Waals surface area (Å²) in [6.07, 6.45) is 0.216. The maximum Gasteiger partial charge on any atom is 0.310 e. The third kappa shape index (κ3) is 19.0. The summed E-state index contributed by atoms with van der Waals surface area (Å²) in [5, 5.41) is 26.1. The SMILES string of the molecule is COC(=O)Cc1ccccc1Nc1c(Cl)cccc1Cl.NNC(=O)Cc1ccccc1Nc1c(Cl)cccc1Cl.O=C(Cc1ccccc1Nc1c(Cl)cccc1Cl)NN1C(=O)c2ccccc2C1=O.O=C(O)Cc1ccccc1Nc1c(Cl)cccc1Cl. The van der Waals surface area contributed by atoms with Crippen LogP contribution in [0.4, 0.5) is 45.5 Å². The van der Waals surface area contributed by atoms with E-state index >= 15 is 0 Å². The van der Waals surface area contributed by atoms with Crippen LogP contribution in [0.3, 0.4) is 0 Å². The minimum atomic E-state index is -0.889. The molecule has 1 aliphatic rings. The first-order chi connectivity index (χ1) is 42.8. The van der Waals surface area contributed by atoms with Gasteiger partial charge in [-0.05, 0) is 107 Å². The number of carboxylic acids is 1. The van der Waals surface area contributed by atoms with E-state index in [0.29, 0.717) is 85.4 Å². The van der Waals surface area contributed by atoms with Gasteiger partial charge in [-0.15, -0.1) is 0 Å². The van der Waals surface area contributed by atoms with Crippen molar-refractivity contribution in [1.29, 1.82) is 0 Å². The standard InChI is InChI=1S/C22H15Cl2N3O3.C15H13Cl2NO2.C14H13Cl2N3O.C14H11Cl2NO2/c23-16-9-5-10-17(24)20(16)25-18-11-4-1-6-13(18)12-19(28)26-27-21(29)14-7-2-3-8-15(14)22(27)30;1-20-14(19)9-10-5-2-3-8-13(10)18-15-11(16)6-4-7-12(15)17;15-10-5-3-6-11(16)14(10)18-12-7-2-1-4-9(12)8-13(20)19-17;15-10-5-3-6-11(16)14(10)17-12-7-2-1-4-9(12)8-13(18)19/h1-11,25H,12H2,(H,26,28);2-8,18H,9H2,1H3;1-7,18H,8,17H2,(H,19,20);1-7,17H,8H2,(H,18,19). The summed E-state index contributed by atoms with van der Waals surface area (Å²) in [7, 11) is 1.36. The lowest BCUT2D eigenvalue weighted by atomic mass is 10.1. The lowest BCUT2D eigenvalue weighted by Gasteiger charge is -2.17. The van der Waals surface area contributed by atoms with Gasteiger partial charge >= 0.3 is 11.9 Å². The van der Waals surface area contributed by atoms with E-state index in [2.05, 4.69) is 36.9 Å². The molecule has 0 aromatic heterocycles. The molecule has 1 heterocycles. The molecule has 10 rings (SSSR count). The summed E-state index contributed by atoms with van der Waals surface area (Å²) >= 11 is 49.1. The Balaban J connectivity index is 0.000000173. The minimum absolute atomic E-state index is 0.0642. The Bertz CT molecular complexity index is 3840. The first-order valence-corrected chi connectivity index (χ1v) is 29.5. The van der Waals surface area contributed by atoms with Crippen molar-refractivity contribution in [3.63, 3.8) is 0 Å². The van der Waals surface area contributed by atoms with Crippen LogP contribution in [0.1, 0.15) is 43.0 Å². The number of carbonyl (C=O) groups excluding carboxylic acids is 5. The molecule has 0 saturated heterocycles. The van der Waals surface area contributed by atoms with Crippen molar-refractivity contribution in [3.05, 3.63) is 268 Å². The number of ether oxygens (including phenoxy) is 1. The highest BCUT2D eigenvalue weighted by atomic mass is 35.5. The van der Waals surface area contributed by atoms with Crippen LogP contribution in [0, 0.1) is 0 Å². The first-order valence-electron chi connectivity index (χ1n) is 26.5. The fraction of sp³-hybridized carbons (Fsp3) is 0.0769. The third-order valence-corrected chi connectivity index (χ3v) is 15.3. The van der Waals surface area contributed by atoms with Gasteiger partial charge in [-0.2, -0.15) is 5.01 Å². The number of fused-ring (bicyclic) bond motifs is 1. The number of para-hydroxylation sites is 8. The topological polar surface area (TPSA) is 233 Å². The zero-order valence-electron chi connectivity index (χ0n) is 46.7. The van der Waals surface area contributed by atoms with Crippen LogP contribution in [0.15, 0.2) is 194 Å². The van der Waals surface area contributed by atoms with Gasteiger partial charge < -0.3 is 31.1 Å². The zero-order valence-corrected chi connectivity index (χ0v) is 52.7. The van der Waals surface area contributed by atoms with E-state index in [4.69, 9.17) is 104 Å². The van der Waals surface area contributed by atoms with E-state index in [0.717, 1.165) is 27.5 Å². The molecule has 4 amide bonds. The number of benzene rings is 9. The largest absolute Gasteiger partial charge is 0.481 e. The molecule has 16 nitrogen and oxygen atoms in total. The lowest BCUT2D eigenvalue weighted by molar-refractivity contribution is -0.140. The number of nitrogens with one attached hydrogen (secondary N) is 6. The molecule has 0 bridgehead atoms. The minimum Gasteiger partial charge on any atom is -0.481 e. The van der Waals surface area contributed by atoms with Gasteiger partial charge in [-0.25, -0.2) is 5.84 Å². The number of rotatable bonds is 17. The summed E-state index contributed by atoms with van der Waals surface area (Å²) in [6, 6.07) is 56.4. The smallest absolute Gasteiger partial charge is 0.310 e. The monoisotopic (exact) mass is 1350 g/mol. The normalized spacial score (nSPS) is 11.0. The molecule has 24 heteroatoms. The number of imide groups is 1. The van der Waals surface area contributed by atoms with Crippen molar-refractivity contribution in [2.75, 3.05) is 28.4 Å². The van der Waals surface area contributed by atoms with Crippen LogP contribution in [-0.2, 0) is 49.6 Å². The molecule has 0 unspecified atom stereocenters. The van der Waals surface area contributed by atoms with E-state index in [1.54, 1.807) is 140 Å². The number of nitrogens with two attached hydrogens (primary N) is 1. The van der Waals surface area contributed by atoms with Crippen molar-refractivity contribution >= 4 is 174 Å². The van der Waals surface area contributed by atoms with E-state index in [-0.39, 0.29) is 48.7 Å². The number of nitrogens with zero attached hydrogens (tertiary/aromatic N) is 1. The average molecular weight is 1360 g/mol. The Labute approximate surface area is 552 Å². The highest BCUT2D eigenvalue weighted by Crippen LogP contribution is 2.38. The molecule has 0 aliphatic carbocycles. The quantitative estimate of drug-likeness (QED) is 0.0140. The Morgan fingerprint density at radius 1 is 0.393 bits per heavy atom. The molecule has 456 valence electrons. The number of methoxy groups -OCH3 is 1. The summed E-state index contributed by atoms with van der Waals surface area (Å²) in [4.78, 5) is 71.1. The van der Waals surface area contributed by atoms with Gasteiger partial charge in [0.25, 0.3) is 11.8 Å². The third-order valence-electron chi connectivity index (χ3n) is 12.8. The van der Waals surface area contributed by atoms with Gasteiger partial charge in [0.05, 0.1) is 107 Å². The summed E-state index contributed by atoms with van der Waals surface area (Å²) in [5.74, 6) is 2.02. The molecular weight excluding hydrogens is 1300 g/mol. The number of halogens is 8. The molecule has 0 saturated carbocycles. The van der Waals surface area contributed by atoms with Crippen molar-refractivity contribution in [2.45, 2.75) is 25.7 Å². The van der Waals surface area contributed by atoms with Crippen molar-refractivity contribution in [3.8, 4) is 0 Å². The molecule has 0 radical (unpaired) electrons. The molecule has 9 aromatic rings. The molecule has 0 fully saturated rings. The maximum atomic E-state index is 12.6. The number of aliphatic carboxylic acids is 1. The van der Waals surface area contributed by atoms with Crippen LogP contribution in [0.2, 0.25) is 40.2 Å². The summed E-state index contributed by atoms with van der Waals surface area (Å²) < 4.78 is 4.69. The first kappa shape index (κ1) is 68.0. The van der Waals surface area contributed by atoms with Crippen molar-refractivity contribution in [2.24, 2.45) is 5.84 Å². The second kappa shape index (κ2) is 33.2. The van der Waals surface area contributed by atoms with Crippen molar-refractivity contribution < 1.29 is 38.6 Å². The number of esters is 1. The molecule has 89 heavy (non-hydrogen) atoms. The highest BCUT2D eigenvalue weighted by molar-refractivity contribution is 6.41. The number of anilines is 8. The van der Waals surface area contributed by atoms with E-state index in [1.165, 1.54) is 7.11 Å². The van der Waals surface area contributed by atoms with Crippen LogP contribution in [0.25, 0.3) is 0 Å². The second-order valence-electron chi connectivity index (χ2n) is 18.8. The number of carboxylic acid groups (broad SMARTS) is 1. The molecular formula is C65H52Cl8N8O8. The molecule has 1 aliphatic heterocycles. The number of hydrogen-bond acceptors (Lipinski definition) is 12. The average Bonchev–Trinajstić information content (AvgIpc) is 4.01. The van der Waals surface area contributed by atoms with Crippen LogP contribution >= 0.6 is 92.8 Å². The highest BCUT2D eigenvalue weighted by Gasteiger charge is 2.36. The maximum absolute atomic E-state index is 12.6. The Kier molecular flexibility index (Phi) is 25.3. The second-order valence-corrected chi connectivity index (χ2v) is 22.0. The lowest BCUT2D eigenvalue weighted by Crippen LogP contribution is -2.46. The number of carbonyl (C=O) groups is 6. The van der Waals surface area contributed by atoms with Gasteiger partial charge in [0.15, 0.2) is 0 Å². The van der Waals surface area contributed by atoms with Crippen molar-refractivity contribution in [1.82, 2.24) is 15.9 Å². The number of hydrogen-bond donors (Lipinski definition) is 8.